The number of benzene rings is 1. The van der Waals surface area contributed by atoms with E-state index in [-0.39, 0.29) is 0 Å². The van der Waals surface area contributed by atoms with Crippen LogP contribution in [0.5, 0.6) is 5.75 Å². The lowest BCUT2D eigenvalue weighted by atomic mass is 10.1. The van der Waals surface area contributed by atoms with E-state index in [2.05, 4.69) is 4.98 Å². The molecule has 0 aliphatic carbocycles. The van der Waals surface area contributed by atoms with Crippen molar-refractivity contribution in [1.29, 1.82) is 0 Å². The summed E-state index contributed by atoms with van der Waals surface area (Å²) in [6.45, 7) is 0.469. The van der Waals surface area contributed by atoms with Crippen LogP contribution < -0.4 is 10.5 Å². The van der Waals surface area contributed by atoms with Gasteiger partial charge >= 0.3 is 0 Å². The van der Waals surface area contributed by atoms with Crippen LogP contribution in [0.25, 0.3) is 10.9 Å². The van der Waals surface area contributed by atoms with Gasteiger partial charge in [-0.2, -0.15) is 0 Å². The topological polar surface area (TPSA) is 51.0 Å². The molecule has 14 heavy (non-hydrogen) atoms. The molecule has 0 bridgehead atoms. The largest absolute Gasteiger partial charge is 0.494 e. The number of hydrogen-bond acceptors (Lipinski definition) is 2. The van der Waals surface area contributed by atoms with Gasteiger partial charge in [-0.1, -0.05) is 11.6 Å². The zero-order chi connectivity index (χ0) is 10.1. The summed E-state index contributed by atoms with van der Waals surface area (Å²) < 4.78 is 5.25. The third-order valence-corrected chi connectivity index (χ3v) is 2.55. The van der Waals surface area contributed by atoms with Crippen LogP contribution >= 0.6 is 11.6 Å². The summed E-state index contributed by atoms with van der Waals surface area (Å²) >= 11 is 6.01. The fourth-order valence-corrected chi connectivity index (χ4v) is 1.83. The predicted octanol–water partition coefficient (Wildman–Crippen LogP) is 2.29. The Morgan fingerprint density at radius 2 is 2.29 bits per heavy atom. The van der Waals surface area contributed by atoms with Crippen molar-refractivity contribution in [2.75, 3.05) is 7.11 Å². The summed E-state index contributed by atoms with van der Waals surface area (Å²) in [5.74, 6) is 0.686. The monoisotopic (exact) mass is 210 g/mol. The molecule has 0 radical (unpaired) electrons. The molecule has 3 nitrogen and oxygen atoms in total. The van der Waals surface area contributed by atoms with Crippen LogP contribution in [-0.4, -0.2) is 12.1 Å². The first-order valence-corrected chi connectivity index (χ1v) is 4.68. The molecule has 0 aliphatic heterocycles. The van der Waals surface area contributed by atoms with Crippen molar-refractivity contribution in [2.24, 2.45) is 5.73 Å². The fraction of sp³-hybridized carbons (Fsp3) is 0.200. The molecule has 74 valence electrons. The van der Waals surface area contributed by atoms with E-state index < -0.39 is 0 Å². The van der Waals surface area contributed by atoms with Gasteiger partial charge in [-0.25, -0.2) is 0 Å². The third kappa shape index (κ3) is 1.25. The van der Waals surface area contributed by atoms with Crippen LogP contribution in [0.4, 0.5) is 0 Å². The van der Waals surface area contributed by atoms with Crippen molar-refractivity contribution in [3.8, 4) is 5.75 Å². The van der Waals surface area contributed by atoms with Crippen LogP contribution in [0.3, 0.4) is 0 Å². The first-order chi connectivity index (χ1) is 6.77. The molecule has 0 unspecified atom stereocenters. The van der Waals surface area contributed by atoms with E-state index in [1.165, 1.54) is 0 Å². The van der Waals surface area contributed by atoms with Gasteiger partial charge in [0.15, 0.2) is 0 Å². The lowest BCUT2D eigenvalue weighted by molar-refractivity contribution is 0.420. The maximum absolute atomic E-state index is 6.01. The average Bonchev–Trinajstić information content (AvgIpc) is 2.61. The second-order valence-corrected chi connectivity index (χ2v) is 3.43. The Morgan fingerprint density at radius 3 is 2.93 bits per heavy atom. The molecule has 1 aromatic carbocycles. The van der Waals surface area contributed by atoms with Gasteiger partial charge in [0.05, 0.1) is 12.1 Å². The highest BCUT2D eigenvalue weighted by Gasteiger charge is 2.11. The van der Waals surface area contributed by atoms with Crippen molar-refractivity contribution >= 4 is 22.5 Å². The van der Waals surface area contributed by atoms with Crippen LogP contribution in [-0.2, 0) is 6.54 Å². The number of aromatic nitrogens is 1. The smallest absolute Gasteiger partial charge is 0.147 e. The standard InChI is InChI=1S/C10H11ClN2O/c1-14-10-7(11)2-3-8-9(10)6(4-12)5-13-8/h2-3,5,13H,4,12H2,1H3. The van der Waals surface area contributed by atoms with Gasteiger partial charge < -0.3 is 15.5 Å². The van der Waals surface area contributed by atoms with E-state index in [1.54, 1.807) is 13.2 Å². The SMILES string of the molecule is COc1c(Cl)ccc2[nH]cc(CN)c12. The number of nitrogens with two attached hydrogens (primary N) is 1. The van der Waals surface area contributed by atoms with E-state index in [9.17, 15) is 0 Å². The summed E-state index contributed by atoms with van der Waals surface area (Å²) in [5.41, 5.74) is 7.62. The minimum Gasteiger partial charge on any atom is -0.494 e. The number of ether oxygens (including phenoxy) is 1. The Labute approximate surface area is 86.8 Å². The third-order valence-electron chi connectivity index (χ3n) is 2.26. The number of methoxy groups -OCH3 is 1. The highest BCUT2D eigenvalue weighted by atomic mass is 35.5. The molecular weight excluding hydrogens is 200 g/mol. The van der Waals surface area contributed by atoms with Gasteiger partial charge in [0, 0.05) is 23.6 Å². The van der Waals surface area contributed by atoms with Gasteiger partial charge in [0.25, 0.3) is 0 Å². The fourth-order valence-electron chi connectivity index (χ4n) is 1.59. The summed E-state index contributed by atoms with van der Waals surface area (Å²) in [7, 11) is 1.61. The van der Waals surface area contributed by atoms with Crippen molar-refractivity contribution in [2.45, 2.75) is 6.54 Å². The maximum atomic E-state index is 6.01. The molecule has 0 saturated heterocycles. The number of nitrogens with one attached hydrogen (secondary N) is 1. The maximum Gasteiger partial charge on any atom is 0.147 e. The molecule has 2 aromatic rings. The Hall–Kier alpha value is -1.19. The lowest BCUT2D eigenvalue weighted by Crippen LogP contribution is -1.95. The van der Waals surface area contributed by atoms with Crippen molar-refractivity contribution in [3.63, 3.8) is 0 Å². The van der Waals surface area contributed by atoms with Crippen molar-refractivity contribution in [1.82, 2.24) is 4.98 Å². The Balaban J connectivity index is 2.81. The molecular formula is C10H11ClN2O. The van der Waals surface area contributed by atoms with E-state index in [1.807, 2.05) is 12.3 Å². The average molecular weight is 211 g/mol. The van der Waals surface area contributed by atoms with Gasteiger partial charge in [-0.3, -0.25) is 0 Å². The van der Waals surface area contributed by atoms with E-state index in [4.69, 9.17) is 22.1 Å². The summed E-state index contributed by atoms with van der Waals surface area (Å²) in [5, 5.41) is 1.58. The zero-order valence-electron chi connectivity index (χ0n) is 7.80. The second-order valence-electron chi connectivity index (χ2n) is 3.02. The lowest BCUT2D eigenvalue weighted by Gasteiger charge is -2.05. The summed E-state index contributed by atoms with van der Waals surface area (Å²) in [6.07, 6.45) is 1.88. The molecule has 0 spiro atoms. The number of aromatic amines is 1. The second kappa shape index (κ2) is 3.52. The normalized spacial score (nSPS) is 10.8. The molecule has 0 fully saturated rings. The van der Waals surface area contributed by atoms with E-state index >= 15 is 0 Å². The molecule has 0 amide bonds. The van der Waals surface area contributed by atoms with Crippen LogP contribution in [0.2, 0.25) is 5.02 Å². The molecule has 4 heteroatoms. The quantitative estimate of drug-likeness (QED) is 0.799. The van der Waals surface area contributed by atoms with Crippen LogP contribution in [0, 0.1) is 0 Å². The number of fused-ring (bicyclic) bond motifs is 1. The van der Waals surface area contributed by atoms with Crippen molar-refractivity contribution < 1.29 is 4.74 Å². The molecule has 3 N–H and O–H groups in total. The number of halogens is 1. The minimum atomic E-state index is 0.469. The summed E-state index contributed by atoms with van der Waals surface area (Å²) in [4.78, 5) is 3.12. The zero-order valence-corrected chi connectivity index (χ0v) is 8.56. The molecule has 1 heterocycles. The minimum absolute atomic E-state index is 0.469. The highest BCUT2D eigenvalue weighted by Crippen LogP contribution is 2.34. The van der Waals surface area contributed by atoms with Gasteiger partial charge in [-0.05, 0) is 17.7 Å². The van der Waals surface area contributed by atoms with Gasteiger partial charge in [0.1, 0.15) is 5.75 Å². The molecule has 0 saturated carbocycles. The predicted molar refractivity (Wildman–Crippen MR) is 57.8 cm³/mol. The highest BCUT2D eigenvalue weighted by molar-refractivity contribution is 6.33. The first-order valence-electron chi connectivity index (χ1n) is 4.30. The number of rotatable bonds is 2. The van der Waals surface area contributed by atoms with E-state index in [0.29, 0.717) is 17.3 Å². The number of H-pyrrole nitrogens is 1. The number of hydrogen-bond donors (Lipinski definition) is 2. The first kappa shape index (κ1) is 9.37. The van der Waals surface area contributed by atoms with Crippen molar-refractivity contribution in [3.05, 3.63) is 28.9 Å². The van der Waals surface area contributed by atoms with Gasteiger partial charge in [0.2, 0.25) is 0 Å². The Morgan fingerprint density at radius 1 is 1.50 bits per heavy atom. The Kier molecular flexibility index (Phi) is 2.35. The van der Waals surface area contributed by atoms with Crippen LogP contribution in [0.1, 0.15) is 5.56 Å². The molecule has 0 atom stereocenters. The Bertz CT molecular complexity index is 464. The summed E-state index contributed by atoms with van der Waals surface area (Å²) in [6, 6.07) is 3.72. The molecule has 1 aromatic heterocycles. The van der Waals surface area contributed by atoms with Gasteiger partial charge in [-0.15, -0.1) is 0 Å². The van der Waals surface area contributed by atoms with Crippen LogP contribution in [0.15, 0.2) is 18.3 Å². The van der Waals surface area contributed by atoms with E-state index in [0.717, 1.165) is 16.5 Å². The molecule has 2 rings (SSSR count). The molecule has 0 aliphatic rings.